The lowest BCUT2D eigenvalue weighted by molar-refractivity contribution is 0.768. The second kappa shape index (κ2) is 5.24. The van der Waals surface area contributed by atoms with E-state index in [2.05, 4.69) is 15.1 Å². The minimum Gasteiger partial charge on any atom is -0.275 e. The highest BCUT2D eigenvalue weighted by molar-refractivity contribution is 5.47. The monoisotopic (exact) mass is 204 g/mol. The summed E-state index contributed by atoms with van der Waals surface area (Å²) in [6.07, 6.45) is 3.62. The third-order valence-electron chi connectivity index (χ3n) is 1.74. The van der Waals surface area contributed by atoms with Crippen LogP contribution in [0.15, 0.2) is 24.5 Å². The molecule has 2 aromatic rings. The molecule has 4 nitrogen and oxygen atoms in total. The molecule has 0 spiro atoms. The third-order valence-corrected chi connectivity index (χ3v) is 1.74. The SMILES string of the molecule is CC.Cc1ccnc(-c2ccn(C)n2)n1. The number of hydrogen-bond acceptors (Lipinski definition) is 3. The zero-order valence-electron chi connectivity index (χ0n) is 9.60. The summed E-state index contributed by atoms with van der Waals surface area (Å²) in [4.78, 5) is 8.41. The average Bonchev–Trinajstić information content (AvgIpc) is 2.68. The smallest absolute Gasteiger partial charge is 0.180 e. The molecule has 0 atom stereocenters. The van der Waals surface area contributed by atoms with Crippen LogP contribution in [-0.2, 0) is 7.05 Å². The first-order valence-electron chi connectivity index (χ1n) is 5.05. The lowest BCUT2D eigenvalue weighted by Crippen LogP contribution is -1.93. The fraction of sp³-hybridized carbons (Fsp3) is 0.364. The van der Waals surface area contributed by atoms with Gasteiger partial charge in [-0.2, -0.15) is 5.10 Å². The molecule has 0 aromatic carbocycles. The molecule has 0 bridgehead atoms. The van der Waals surface area contributed by atoms with E-state index in [9.17, 15) is 0 Å². The molecule has 0 N–H and O–H groups in total. The van der Waals surface area contributed by atoms with Crippen molar-refractivity contribution < 1.29 is 0 Å². The summed E-state index contributed by atoms with van der Waals surface area (Å²) in [5.41, 5.74) is 1.77. The van der Waals surface area contributed by atoms with Crippen LogP contribution in [0.2, 0.25) is 0 Å². The number of nitrogens with zero attached hydrogens (tertiary/aromatic N) is 4. The quantitative estimate of drug-likeness (QED) is 0.715. The third kappa shape index (κ3) is 2.87. The van der Waals surface area contributed by atoms with Gasteiger partial charge in [-0.1, -0.05) is 13.8 Å². The maximum absolute atomic E-state index is 4.27. The van der Waals surface area contributed by atoms with Crippen molar-refractivity contribution in [2.75, 3.05) is 0 Å². The van der Waals surface area contributed by atoms with Gasteiger partial charge in [-0.05, 0) is 19.1 Å². The largest absolute Gasteiger partial charge is 0.275 e. The Labute approximate surface area is 90.0 Å². The highest BCUT2D eigenvalue weighted by Crippen LogP contribution is 2.10. The van der Waals surface area contributed by atoms with E-state index in [4.69, 9.17) is 0 Å². The van der Waals surface area contributed by atoms with Crippen molar-refractivity contribution in [1.82, 2.24) is 19.7 Å². The molecule has 0 saturated heterocycles. The molecular weight excluding hydrogens is 188 g/mol. The molecule has 0 saturated carbocycles. The van der Waals surface area contributed by atoms with Crippen LogP contribution in [-0.4, -0.2) is 19.7 Å². The average molecular weight is 204 g/mol. The van der Waals surface area contributed by atoms with Crippen molar-refractivity contribution in [3.63, 3.8) is 0 Å². The molecule has 15 heavy (non-hydrogen) atoms. The van der Waals surface area contributed by atoms with Crippen molar-refractivity contribution in [2.45, 2.75) is 20.8 Å². The van der Waals surface area contributed by atoms with Crippen molar-refractivity contribution in [2.24, 2.45) is 7.05 Å². The van der Waals surface area contributed by atoms with Gasteiger partial charge in [0.1, 0.15) is 5.69 Å². The molecule has 4 heteroatoms. The van der Waals surface area contributed by atoms with Crippen LogP contribution < -0.4 is 0 Å². The van der Waals surface area contributed by atoms with E-state index in [1.165, 1.54) is 0 Å². The highest BCUT2D eigenvalue weighted by Gasteiger charge is 2.03. The van der Waals surface area contributed by atoms with E-state index < -0.39 is 0 Å². The van der Waals surface area contributed by atoms with Gasteiger partial charge in [-0.25, -0.2) is 9.97 Å². The fourth-order valence-electron chi connectivity index (χ4n) is 1.11. The maximum atomic E-state index is 4.27. The Bertz CT molecular complexity index is 420. The first kappa shape index (κ1) is 11.4. The van der Waals surface area contributed by atoms with E-state index in [0.29, 0.717) is 5.82 Å². The van der Waals surface area contributed by atoms with Crippen LogP contribution in [0.3, 0.4) is 0 Å². The maximum Gasteiger partial charge on any atom is 0.180 e. The van der Waals surface area contributed by atoms with Crippen LogP contribution in [0.25, 0.3) is 11.5 Å². The molecule has 0 aliphatic carbocycles. The Morgan fingerprint density at radius 1 is 1.20 bits per heavy atom. The number of hydrogen-bond donors (Lipinski definition) is 0. The summed E-state index contributed by atoms with van der Waals surface area (Å²) in [5.74, 6) is 0.681. The summed E-state index contributed by atoms with van der Waals surface area (Å²) in [5, 5.41) is 4.21. The molecule has 0 radical (unpaired) electrons. The van der Waals surface area contributed by atoms with Crippen LogP contribution in [0.4, 0.5) is 0 Å². The Kier molecular flexibility index (Phi) is 3.97. The molecule has 2 heterocycles. The second-order valence-corrected chi connectivity index (χ2v) is 2.90. The Morgan fingerprint density at radius 2 is 1.93 bits per heavy atom. The number of rotatable bonds is 1. The topological polar surface area (TPSA) is 43.6 Å². The molecule has 80 valence electrons. The highest BCUT2D eigenvalue weighted by atomic mass is 15.3. The zero-order chi connectivity index (χ0) is 11.3. The van der Waals surface area contributed by atoms with E-state index in [1.807, 2.05) is 46.1 Å². The van der Waals surface area contributed by atoms with Gasteiger partial charge in [-0.15, -0.1) is 0 Å². The Hall–Kier alpha value is -1.71. The van der Waals surface area contributed by atoms with Gasteiger partial charge in [0.2, 0.25) is 0 Å². The normalized spacial score (nSPS) is 9.33. The minimum absolute atomic E-state index is 0.681. The van der Waals surface area contributed by atoms with Crippen LogP contribution in [0.1, 0.15) is 19.5 Å². The van der Waals surface area contributed by atoms with Gasteiger partial charge in [0, 0.05) is 25.1 Å². The summed E-state index contributed by atoms with van der Waals surface area (Å²) in [6.45, 7) is 5.94. The van der Waals surface area contributed by atoms with Gasteiger partial charge in [0.15, 0.2) is 5.82 Å². The fourth-order valence-corrected chi connectivity index (χ4v) is 1.11. The van der Waals surface area contributed by atoms with Gasteiger partial charge in [-0.3, -0.25) is 4.68 Å². The summed E-state index contributed by atoms with van der Waals surface area (Å²) < 4.78 is 1.74. The van der Waals surface area contributed by atoms with Gasteiger partial charge in [0.05, 0.1) is 0 Å². The lowest BCUT2D eigenvalue weighted by Gasteiger charge is -1.95. The Morgan fingerprint density at radius 3 is 2.47 bits per heavy atom. The predicted octanol–water partition coefficient (Wildman–Crippen LogP) is 2.21. The van der Waals surface area contributed by atoms with Crippen LogP contribution in [0.5, 0.6) is 0 Å². The van der Waals surface area contributed by atoms with Gasteiger partial charge >= 0.3 is 0 Å². The molecule has 0 aliphatic rings. The van der Waals surface area contributed by atoms with Gasteiger partial charge < -0.3 is 0 Å². The van der Waals surface area contributed by atoms with Crippen molar-refractivity contribution in [1.29, 1.82) is 0 Å². The predicted molar refractivity (Wildman–Crippen MR) is 60.3 cm³/mol. The van der Waals surface area contributed by atoms with E-state index >= 15 is 0 Å². The van der Waals surface area contributed by atoms with E-state index in [1.54, 1.807) is 10.9 Å². The standard InChI is InChI=1S/C9H10N4.C2H6/c1-7-3-5-10-9(11-7)8-4-6-13(2)12-8;1-2/h3-6H,1-2H3;1-2H3. The van der Waals surface area contributed by atoms with E-state index in [-0.39, 0.29) is 0 Å². The Balaban J connectivity index is 0.000000531. The molecule has 0 fully saturated rings. The summed E-state index contributed by atoms with van der Waals surface area (Å²) >= 11 is 0. The van der Waals surface area contributed by atoms with Crippen molar-refractivity contribution in [3.8, 4) is 11.5 Å². The molecular formula is C11H16N4. The first-order valence-corrected chi connectivity index (χ1v) is 5.05. The van der Waals surface area contributed by atoms with Crippen molar-refractivity contribution >= 4 is 0 Å². The zero-order valence-corrected chi connectivity index (χ0v) is 9.60. The van der Waals surface area contributed by atoms with Gasteiger partial charge in [0.25, 0.3) is 0 Å². The van der Waals surface area contributed by atoms with Crippen molar-refractivity contribution in [3.05, 3.63) is 30.2 Å². The van der Waals surface area contributed by atoms with E-state index in [0.717, 1.165) is 11.4 Å². The van der Waals surface area contributed by atoms with Crippen LogP contribution in [0, 0.1) is 6.92 Å². The second-order valence-electron chi connectivity index (χ2n) is 2.90. The minimum atomic E-state index is 0.681. The number of aromatic nitrogens is 4. The molecule has 0 unspecified atom stereocenters. The molecule has 2 aromatic heterocycles. The number of aryl methyl sites for hydroxylation is 2. The first-order chi connectivity index (χ1) is 7.25. The lowest BCUT2D eigenvalue weighted by atomic mass is 10.4. The summed E-state index contributed by atoms with van der Waals surface area (Å²) in [7, 11) is 1.87. The summed E-state index contributed by atoms with van der Waals surface area (Å²) in [6, 6.07) is 3.77. The molecule has 0 amide bonds. The molecule has 0 aliphatic heterocycles. The van der Waals surface area contributed by atoms with Crippen LogP contribution >= 0.6 is 0 Å². The molecule has 2 rings (SSSR count).